The van der Waals surface area contributed by atoms with Crippen molar-refractivity contribution in [2.24, 2.45) is 5.73 Å². The van der Waals surface area contributed by atoms with Crippen LogP contribution in [0.5, 0.6) is 0 Å². The number of rotatable bonds is 46. The zero-order valence-electron chi connectivity index (χ0n) is 73.5. The summed E-state index contributed by atoms with van der Waals surface area (Å²) >= 11 is 38.3. The number of likely N-dealkylation sites (N-methyl/N-ethyl adjacent to an activating group) is 3. The second-order valence-corrected chi connectivity index (χ2v) is 38.2. The van der Waals surface area contributed by atoms with Gasteiger partial charge < -0.3 is 83.4 Å². The molecule has 11 rings (SSSR count). The zero-order chi connectivity index (χ0) is 95.9. The molecule has 3 unspecified atom stereocenters. The summed E-state index contributed by atoms with van der Waals surface area (Å²) in [6.07, 6.45) is -0.205. The van der Waals surface area contributed by atoms with Crippen LogP contribution in [0.15, 0.2) is 124 Å². The molecule has 6 aromatic rings. The van der Waals surface area contributed by atoms with Crippen LogP contribution in [0.2, 0.25) is 30.1 Å². The molecular weight excluding hydrogens is 1920 g/mol. The minimum Gasteiger partial charge on any atom is -0.379 e. The second-order valence-electron chi connectivity index (χ2n) is 30.0. The maximum atomic E-state index is 13.0. The van der Waals surface area contributed by atoms with Gasteiger partial charge in [0, 0.05) is 152 Å². The Hall–Kier alpha value is -7.60. The molecule has 3 atom stereocenters. The van der Waals surface area contributed by atoms with Crippen LogP contribution in [0.4, 0.5) is 4.39 Å². The summed E-state index contributed by atoms with van der Waals surface area (Å²) in [5, 5.41) is 8.89. The summed E-state index contributed by atoms with van der Waals surface area (Å²) in [7, 11) is -5.80. The van der Waals surface area contributed by atoms with E-state index in [-0.39, 0.29) is 188 Å². The first-order valence-corrected chi connectivity index (χ1v) is 48.5. The first-order chi connectivity index (χ1) is 63.1. The Labute approximate surface area is 807 Å². The Morgan fingerprint density at radius 2 is 0.669 bits per heavy atom. The summed E-state index contributed by atoms with van der Waals surface area (Å²) < 4.78 is 147. The van der Waals surface area contributed by atoms with Crippen molar-refractivity contribution < 1.29 is 122 Å². The van der Waals surface area contributed by atoms with Gasteiger partial charge in [0.15, 0.2) is 9.84 Å². The summed E-state index contributed by atoms with van der Waals surface area (Å²) in [5.74, 6) is -8.03. The number of carbonyl (C=O) groups is 8. The molecule has 133 heavy (non-hydrogen) atoms. The molecule has 0 saturated carbocycles. The molecule has 35 nitrogen and oxygen atoms in total. The second kappa shape index (κ2) is 58.2. The van der Waals surface area contributed by atoms with Crippen molar-refractivity contribution in [3.63, 3.8) is 0 Å². The van der Waals surface area contributed by atoms with E-state index >= 15 is 0 Å². The van der Waals surface area contributed by atoms with Crippen LogP contribution in [-0.4, -0.2) is 303 Å². The standard InChI is InChI=1S/C51H65Cl4N5O12S2.C24H33Cl2N3O5S.C10H8N2O8.CH3F.2CH4/c1-59-32-44(42-28-38(52)30-48(54)46(42)34-59)36-4-8-40(9-5-36)73(63,64)27-3-15-67-19-23-71-24-20-68-16-12-56-50(61)51(62)57-13-17-69-21-25-72-26-22-70-18-14-58-74(65,66)41-10-6-37(7-11-41)45-33-60(2)35-47-43(45)29-39(53)31-49(47)55;1-29-16-22(21-14-19(25)15-24(26)23(21)17-29)18-2-4-20(5-3-18)35(30,31)28-7-9-33-11-13-34-12-10-32-8-6-27;13-5-1-2-6(14)11(5)19-9(17)10(18)20-12-7(15)3-4-8(12)16;1-2;;/h4-11,28-31,44-45,58H,3,12-27,32-35H2,1-2H3,(H,56,61)(H,57,62);2-5,14-15,22,28H,6-13,16-17,27H2,1H3;1-4H2;1H3;2*1H4/i;;;1D;;. The number of ether oxygens (including phenoxy) is 9. The molecule has 6 amide bonds. The Bertz CT molecular complexity index is 4930. The SMILES string of the molecule is C.C.CN1Cc2c(Cl)cc(Cl)cc2C(c2ccc(S(=O)(=O)CCCOCCOCCOCCNC(=O)C(=O)NCCOCCOCCOCCNS(=O)(=O)c3ccc(C4CN(C)Cc5c(Cl)cc(Cl)cc54)cc3)cc2)C1.CN1Cc2c(Cl)cc(Cl)cc2C(c2ccc(S(=O)(=O)NCCOCCOCCOCCN)cc2)C1.O=C(ON1C(=O)CCC1=O)C(=O)ON1C(=O)CCC1=O.[2H]CF. The van der Waals surface area contributed by atoms with Crippen molar-refractivity contribution in [2.75, 3.05) is 205 Å². The normalized spacial score (nSPS) is 16.3. The minimum absolute atomic E-state index is 0. The Balaban J connectivity index is 0.000000375. The van der Waals surface area contributed by atoms with Gasteiger partial charge in [-0.2, -0.15) is 0 Å². The van der Waals surface area contributed by atoms with E-state index in [9.17, 15) is 68.0 Å². The van der Waals surface area contributed by atoms with Gasteiger partial charge in [0.2, 0.25) is 20.0 Å². The monoisotopic (exact) mass is 2040 g/mol. The number of nitrogens with two attached hydrogens (primary N) is 1. The fourth-order valence-electron chi connectivity index (χ4n) is 14.1. The highest BCUT2D eigenvalue weighted by Crippen LogP contribution is 2.42. The molecule has 0 spiro atoms. The number of hydroxylamine groups is 4. The van der Waals surface area contributed by atoms with Gasteiger partial charge in [0.1, 0.15) is 0 Å². The Kier molecular flexibility index (Phi) is 49.2. The molecular formula is C88H117Cl6FN10O25S3. The van der Waals surface area contributed by atoms with Crippen LogP contribution in [-0.2, 0) is 140 Å². The van der Waals surface area contributed by atoms with Crippen molar-refractivity contribution in [3.8, 4) is 0 Å². The van der Waals surface area contributed by atoms with E-state index in [2.05, 4.69) is 44.5 Å². The predicted octanol–water partition coefficient (Wildman–Crippen LogP) is 8.85. The zero-order valence-corrected chi connectivity index (χ0v) is 79.5. The fourth-order valence-corrected chi connectivity index (χ4v) is 19.1. The number of nitrogens with one attached hydrogen (secondary N) is 4. The van der Waals surface area contributed by atoms with Gasteiger partial charge in [0.25, 0.3) is 23.6 Å². The van der Waals surface area contributed by atoms with E-state index in [0.717, 1.165) is 82.8 Å². The van der Waals surface area contributed by atoms with Crippen LogP contribution < -0.4 is 25.8 Å². The molecule has 6 N–H and O–H groups in total. The summed E-state index contributed by atoms with van der Waals surface area (Å²) in [6, 6.07) is 31.9. The maximum absolute atomic E-state index is 13.0. The molecule has 0 aromatic heterocycles. The van der Waals surface area contributed by atoms with Crippen molar-refractivity contribution in [1.82, 2.24) is 44.9 Å². The van der Waals surface area contributed by atoms with Crippen LogP contribution in [0, 0.1) is 0 Å². The number of alkyl halides is 1. The number of carbonyl (C=O) groups excluding carboxylic acids is 8. The fraction of sp³-hybridized carbons (Fsp3) is 0.500. The average Bonchev–Trinajstić information content (AvgIpc) is 0.935. The third-order valence-electron chi connectivity index (χ3n) is 20.4. The molecule has 45 heteroatoms. The Morgan fingerprint density at radius 3 is 0.962 bits per heavy atom. The minimum atomic E-state index is -3.75. The van der Waals surface area contributed by atoms with Crippen LogP contribution in [0.3, 0.4) is 0 Å². The number of fused-ring (bicyclic) bond motifs is 3. The first kappa shape index (κ1) is 112. The van der Waals surface area contributed by atoms with E-state index in [4.69, 9.17) is 119 Å². The number of nitrogens with zero attached hydrogens (tertiary/aromatic N) is 5. The van der Waals surface area contributed by atoms with E-state index in [1.54, 1.807) is 54.6 Å². The van der Waals surface area contributed by atoms with Gasteiger partial charge in [-0.15, -0.1) is 10.1 Å². The quantitative estimate of drug-likeness (QED) is 0.0135. The Morgan fingerprint density at radius 1 is 0.406 bits per heavy atom. The molecule has 2 fully saturated rings. The molecule has 0 bridgehead atoms. The summed E-state index contributed by atoms with van der Waals surface area (Å²) in [5.41, 5.74) is 14.6. The van der Waals surface area contributed by atoms with E-state index < -0.39 is 84.4 Å². The number of benzene rings is 6. The highest BCUT2D eigenvalue weighted by atomic mass is 35.5. The molecule has 0 aliphatic carbocycles. The van der Waals surface area contributed by atoms with Crippen LogP contribution in [0.1, 0.15) is 116 Å². The summed E-state index contributed by atoms with van der Waals surface area (Å²) in [4.78, 5) is 107. The third-order valence-corrected chi connectivity index (χ3v) is 26.8. The molecule has 736 valence electrons. The van der Waals surface area contributed by atoms with Crippen LogP contribution >= 0.6 is 69.6 Å². The van der Waals surface area contributed by atoms with Crippen molar-refractivity contribution in [1.29, 1.82) is 0 Å². The van der Waals surface area contributed by atoms with Gasteiger partial charge in [-0.25, -0.2) is 44.3 Å². The topological polar surface area (TPSA) is 431 Å². The lowest BCUT2D eigenvalue weighted by atomic mass is 9.85. The van der Waals surface area contributed by atoms with E-state index in [1.165, 1.54) is 0 Å². The van der Waals surface area contributed by atoms with E-state index in [0.29, 0.717) is 95.9 Å². The largest absolute Gasteiger partial charge is 0.444 e. The number of sulfone groups is 1. The van der Waals surface area contributed by atoms with Gasteiger partial charge >= 0.3 is 23.8 Å². The average molecular weight is 2040 g/mol. The molecule has 5 aliphatic heterocycles. The van der Waals surface area contributed by atoms with Crippen molar-refractivity contribution in [3.05, 3.63) is 189 Å². The first-order valence-electron chi connectivity index (χ1n) is 42.3. The van der Waals surface area contributed by atoms with Gasteiger partial charge in [0.05, 0.1) is 141 Å². The lowest BCUT2D eigenvalue weighted by Gasteiger charge is -2.33. The lowest BCUT2D eigenvalue weighted by Crippen LogP contribution is -2.42. The third kappa shape index (κ3) is 36.4. The van der Waals surface area contributed by atoms with Crippen molar-refractivity contribution >= 4 is 147 Å². The number of imide groups is 2. The van der Waals surface area contributed by atoms with Crippen molar-refractivity contribution in [2.45, 2.75) is 99.0 Å². The molecule has 5 heterocycles. The molecule has 5 aliphatic rings. The highest BCUT2D eigenvalue weighted by Gasteiger charge is 2.40. The highest BCUT2D eigenvalue weighted by molar-refractivity contribution is 7.91. The van der Waals surface area contributed by atoms with E-state index in [1.807, 2.05) is 75.7 Å². The lowest BCUT2D eigenvalue weighted by molar-refractivity contribution is -0.215. The number of hydrogen-bond donors (Lipinski definition) is 5. The van der Waals surface area contributed by atoms with Gasteiger partial charge in [-0.3, -0.25) is 33.2 Å². The number of halogens is 7. The van der Waals surface area contributed by atoms with Gasteiger partial charge in [-0.1, -0.05) is 121 Å². The predicted molar refractivity (Wildman–Crippen MR) is 498 cm³/mol. The van der Waals surface area contributed by atoms with Gasteiger partial charge in [-0.05, 0) is 150 Å². The maximum Gasteiger partial charge on any atom is 0.444 e. The number of hydrogen-bond acceptors (Lipinski definition) is 29. The molecule has 2 saturated heterocycles. The smallest absolute Gasteiger partial charge is 0.379 e. The summed E-state index contributed by atoms with van der Waals surface area (Å²) in [6.45, 7) is 10.9. The number of amides is 6. The molecule has 0 radical (unpaired) electrons. The molecule has 6 aromatic carbocycles. The van der Waals surface area contributed by atoms with Crippen LogP contribution in [0.25, 0.3) is 0 Å². The number of sulfonamides is 2.